The fourth-order valence-electron chi connectivity index (χ4n) is 3.36. The van der Waals surface area contributed by atoms with Gasteiger partial charge in [0.25, 0.3) is 0 Å². The van der Waals surface area contributed by atoms with Crippen LogP contribution in [0.15, 0.2) is 18.2 Å². The summed E-state index contributed by atoms with van der Waals surface area (Å²) in [5.41, 5.74) is 3.62. The predicted octanol–water partition coefficient (Wildman–Crippen LogP) is 3.28. The van der Waals surface area contributed by atoms with Crippen molar-refractivity contribution in [3.05, 3.63) is 44.9 Å². The largest absolute Gasteiger partial charge is 0.301 e. The van der Waals surface area contributed by atoms with Crippen molar-refractivity contribution < 1.29 is 4.79 Å². The minimum atomic E-state index is 0.0166. The van der Waals surface area contributed by atoms with Crippen LogP contribution in [0.1, 0.15) is 28.1 Å². The van der Waals surface area contributed by atoms with E-state index >= 15 is 0 Å². The number of amides is 1. The molecule has 1 aliphatic carbocycles. The van der Waals surface area contributed by atoms with E-state index in [9.17, 15) is 4.79 Å². The van der Waals surface area contributed by atoms with Gasteiger partial charge in [0.05, 0.1) is 12.2 Å². The van der Waals surface area contributed by atoms with Crippen molar-refractivity contribution in [2.45, 2.75) is 32.2 Å². The zero-order valence-electron chi connectivity index (χ0n) is 12.8. The van der Waals surface area contributed by atoms with Crippen LogP contribution < -0.4 is 5.32 Å². The van der Waals surface area contributed by atoms with E-state index in [1.807, 2.05) is 12.1 Å². The molecule has 4 rings (SSSR count). The van der Waals surface area contributed by atoms with Crippen LogP contribution in [0.5, 0.6) is 0 Å². The van der Waals surface area contributed by atoms with Gasteiger partial charge in [0, 0.05) is 23.0 Å². The molecule has 1 aromatic heterocycles. The van der Waals surface area contributed by atoms with Crippen LogP contribution in [0.3, 0.4) is 0 Å². The van der Waals surface area contributed by atoms with Gasteiger partial charge in [-0.15, -0.1) is 11.3 Å². The Morgan fingerprint density at radius 1 is 1.35 bits per heavy atom. The van der Waals surface area contributed by atoms with E-state index in [2.05, 4.69) is 21.3 Å². The van der Waals surface area contributed by atoms with Crippen molar-refractivity contribution in [1.82, 2.24) is 9.88 Å². The number of hydrogen-bond donors (Lipinski definition) is 1. The highest BCUT2D eigenvalue weighted by molar-refractivity contribution is 7.15. The molecule has 0 atom stereocenters. The van der Waals surface area contributed by atoms with Crippen molar-refractivity contribution in [3.63, 3.8) is 0 Å². The standard InChI is InChI=1S/C17H18ClN3OS/c18-13-4-1-3-11-9-21(8-7-12(11)13)10-16(22)20-17-19-14-5-2-6-15(14)23-17/h1,3-4H,2,5-10H2,(H,19,20,22). The van der Waals surface area contributed by atoms with Gasteiger partial charge in [0.2, 0.25) is 5.91 Å². The molecule has 120 valence electrons. The second-order valence-corrected chi connectivity index (χ2v) is 7.62. The van der Waals surface area contributed by atoms with E-state index < -0.39 is 0 Å². The Kier molecular flexibility index (Phi) is 4.09. The summed E-state index contributed by atoms with van der Waals surface area (Å²) in [5, 5.41) is 4.54. The number of nitrogens with zero attached hydrogens (tertiary/aromatic N) is 2. The van der Waals surface area contributed by atoms with E-state index in [-0.39, 0.29) is 5.91 Å². The summed E-state index contributed by atoms with van der Waals surface area (Å²) >= 11 is 7.86. The summed E-state index contributed by atoms with van der Waals surface area (Å²) in [6.45, 7) is 2.03. The molecule has 0 fully saturated rings. The fourth-order valence-corrected chi connectivity index (χ4v) is 4.72. The summed E-state index contributed by atoms with van der Waals surface area (Å²) in [7, 11) is 0. The smallest absolute Gasteiger partial charge is 0.240 e. The van der Waals surface area contributed by atoms with Crippen molar-refractivity contribution in [1.29, 1.82) is 0 Å². The minimum Gasteiger partial charge on any atom is -0.301 e. The number of thiazole rings is 1. The number of anilines is 1. The maximum absolute atomic E-state index is 12.3. The molecule has 2 aromatic rings. The number of benzene rings is 1. The topological polar surface area (TPSA) is 45.2 Å². The first-order chi connectivity index (χ1) is 11.2. The predicted molar refractivity (Wildman–Crippen MR) is 93.2 cm³/mol. The minimum absolute atomic E-state index is 0.0166. The highest BCUT2D eigenvalue weighted by atomic mass is 35.5. The Morgan fingerprint density at radius 2 is 2.26 bits per heavy atom. The maximum atomic E-state index is 12.3. The Labute approximate surface area is 144 Å². The van der Waals surface area contributed by atoms with Crippen molar-refractivity contribution in [2.24, 2.45) is 0 Å². The number of carbonyl (C=O) groups excluding carboxylic acids is 1. The van der Waals surface area contributed by atoms with Crippen LogP contribution in [-0.2, 0) is 30.6 Å². The first-order valence-electron chi connectivity index (χ1n) is 7.96. The SMILES string of the molecule is O=C(CN1CCc2c(Cl)cccc2C1)Nc1nc2c(s1)CCC2. The lowest BCUT2D eigenvalue weighted by Gasteiger charge is -2.28. The Balaban J connectivity index is 1.37. The third-order valence-corrected chi connectivity index (χ3v) is 5.92. The second kappa shape index (κ2) is 6.23. The van der Waals surface area contributed by atoms with Crippen LogP contribution in [-0.4, -0.2) is 28.9 Å². The summed E-state index contributed by atoms with van der Waals surface area (Å²) in [4.78, 5) is 20.3. The summed E-state index contributed by atoms with van der Waals surface area (Å²) in [6, 6.07) is 6.00. The molecule has 1 amide bonds. The van der Waals surface area contributed by atoms with Gasteiger partial charge in [0.1, 0.15) is 0 Å². The van der Waals surface area contributed by atoms with E-state index in [4.69, 9.17) is 11.6 Å². The van der Waals surface area contributed by atoms with Gasteiger partial charge in [-0.2, -0.15) is 0 Å². The highest BCUT2D eigenvalue weighted by Crippen LogP contribution is 2.30. The number of rotatable bonds is 3. The first kappa shape index (κ1) is 15.1. The van der Waals surface area contributed by atoms with Gasteiger partial charge in [-0.25, -0.2) is 4.98 Å². The van der Waals surface area contributed by atoms with Gasteiger partial charge in [0.15, 0.2) is 5.13 Å². The van der Waals surface area contributed by atoms with Gasteiger partial charge >= 0.3 is 0 Å². The number of nitrogens with one attached hydrogen (secondary N) is 1. The van der Waals surface area contributed by atoms with Crippen molar-refractivity contribution in [2.75, 3.05) is 18.4 Å². The molecule has 0 saturated carbocycles. The summed E-state index contributed by atoms with van der Waals surface area (Å²) < 4.78 is 0. The third-order valence-electron chi connectivity index (χ3n) is 4.50. The molecule has 23 heavy (non-hydrogen) atoms. The van der Waals surface area contributed by atoms with Gasteiger partial charge in [-0.05, 0) is 42.9 Å². The number of fused-ring (bicyclic) bond motifs is 2. The molecule has 1 N–H and O–H groups in total. The molecule has 0 unspecified atom stereocenters. The molecular weight excluding hydrogens is 330 g/mol. The lowest BCUT2D eigenvalue weighted by atomic mass is 10.00. The van der Waals surface area contributed by atoms with Gasteiger partial charge in [-0.1, -0.05) is 23.7 Å². The lowest BCUT2D eigenvalue weighted by Crippen LogP contribution is -2.37. The molecule has 2 aliphatic rings. The second-order valence-electron chi connectivity index (χ2n) is 6.13. The van der Waals surface area contributed by atoms with Crippen LogP contribution in [0.25, 0.3) is 0 Å². The average Bonchev–Trinajstić information content (AvgIpc) is 3.08. The van der Waals surface area contributed by atoms with Crippen LogP contribution in [0.2, 0.25) is 5.02 Å². The van der Waals surface area contributed by atoms with E-state index in [0.717, 1.165) is 42.5 Å². The molecule has 1 aromatic carbocycles. The molecule has 1 aliphatic heterocycles. The number of halogens is 1. The summed E-state index contributed by atoms with van der Waals surface area (Å²) in [5.74, 6) is 0.0166. The quantitative estimate of drug-likeness (QED) is 0.926. The summed E-state index contributed by atoms with van der Waals surface area (Å²) in [6.07, 6.45) is 4.24. The van der Waals surface area contributed by atoms with Gasteiger partial charge < -0.3 is 5.32 Å². The molecule has 0 radical (unpaired) electrons. The first-order valence-corrected chi connectivity index (χ1v) is 9.15. The normalized spacial score (nSPS) is 16.9. The zero-order chi connectivity index (χ0) is 15.8. The molecule has 4 nitrogen and oxygen atoms in total. The van der Waals surface area contributed by atoms with E-state index in [0.29, 0.717) is 6.54 Å². The molecule has 0 saturated heterocycles. The number of aromatic nitrogens is 1. The maximum Gasteiger partial charge on any atom is 0.240 e. The van der Waals surface area contributed by atoms with Crippen LogP contribution in [0.4, 0.5) is 5.13 Å². The molecular formula is C17H18ClN3OS. The number of aryl methyl sites for hydroxylation is 2. The van der Waals surface area contributed by atoms with Gasteiger partial charge in [-0.3, -0.25) is 9.69 Å². The van der Waals surface area contributed by atoms with E-state index in [1.165, 1.54) is 28.1 Å². The Bertz CT molecular complexity index is 737. The zero-order valence-corrected chi connectivity index (χ0v) is 14.3. The lowest BCUT2D eigenvalue weighted by molar-refractivity contribution is -0.117. The Hall–Kier alpha value is -1.43. The van der Waals surface area contributed by atoms with Crippen LogP contribution in [0, 0.1) is 0 Å². The number of carbonyl (C=O) groups is 1. The average molecular weight is 348 g/mol. The van der Waals surface area contributed by atoms with Crippen molar-refractivity contribution >= 4 is 34.0 Å². The fraction of sp³-hybridized carbons (Fsp3) is 0.412. The monoisotopic (exact) mass is 347 g/mol. The molecule has 2 heterocycles. The van der Waals surface area contributed by atoms with E-state index in [1.54, 1.807) is 11.3 Å². The molecule has 6 heteroatoms. The van der Waals surface area contributed by atoms with Crippen LogP contribution >= 0.6 is 22.9 Å². The molecule has 0 bridgehead atoms. The molecule has 0 spiro atoms. The van der Waals surface area contributed by atoms with Crippen molar-refractivity contribution in [3.8, 4) is 0 Å². The number of hydrogen-bond acceptors (Lipinski definition) is 4. The Morgan fingerprint density at radius 3 is 3.13 bits per heavy atom. The third kappa shape index (κ3) is 3.13. The highest BCUT2D eigenvalue weighted by Gasteiger charge is 2.21.